The summed E-state index contributed by atoms with van der Waals surface area (Å²) >= 11 is 0. The summed E-state index contributed by atoms with van der Waals surface area (Å²) in [5.41, 5.74) is 1.28. The highest BCUT2D eigenvalue weighted by atomic mass is 16.5. The Balaban J connectivity index is 2.01. The van der Waals surface area contributed by atoms with E-state index in [1.165, 1.54) is 5.56 Å². The smallest absolute Gasteiger partial charge is 0.303 e. The minimum absolute atomic E-state index is 0.205. The standard InChI is InChI=1S/C18H25NO3/c1-19-12-14(8-4-3-5-11-18(20)21)16(13-19)15-9-6-7-10-17(15)22-2/h3-4,6-7,9-10,14,16H,5,8,11-13H2,1-2H3,(H,20,21)/b4-3-/t14-,16+/m0/s1. The zero-order valence-electron chi connectivity index (χ0n) is 13.4. The van der Waals surface area contributed by atoms with Gasteiger partial charge in [-0.05, 0) is 37.4 Å². The zero-order chi connectivity index (χ0) is 15.9. The topological polar surface area (TPSA) is 49.8 Å². The number of hydrogen-bond acceptors (Lipinski definition) is 3. The maximum Gasteiger partial charge on any atom is 0.303 e. The molecule has 4 nitrogen and oxygen atoms in total. The third-order valence-corrected chi connectivity index (χ3v) is 4.29. The number of carbonyl (C=O) groups is 1. The van der Waals surface area contributed by atoms with Crippen molar-refractivity contribution in [2.45, 2.75) is 25.2 Å². The Morgan fingerprint density at radius 2 is 2.14 bits per heavy atom. The molecule has 0 aromatic heterocycles. The van der Waals surface area contributed by atoms with Crippen molar-refractivity contribution < 1.29 is 14.6 Å². The number of likely N-dealkylation sites (tertiary alicyclic amines) is 1. The molecule has 1 aliphatic rings. The Kier molecular flexibility index (Phi) is 6.01. The van der Waals surface area contributed by atoms with Crippen molar-refractivity contribution in [3.05, 3.63) is 42.0 Å². The third-order valence-electron chi connectivity index (χ3n) is 4.29. The average Bonchev–Trinajstić information content (AvgIpc) is 2.87. The molecule has 0 spiro atoms. The number of ether oxygens (including phenoxy) is 1. The number of rotatable bonds is 7. The monoisotopic (exact) mass is 303 g/mol. The van der Waals surface area contributed by atoms with Crippen molar-refractivity contribution in [1.82, 2.24) is 4.90 Å². The van der Waals surface area contributed by atoms with Gasteiger partial charge in [0.2, 0.25) is 0 Å². The van der Waals surface area contributed by atoms with E-state index in [9.17, 15) is 4.79 Å². The largest absolute Gasteiger partial charge is 0.496 e. The molecule has 2 rings (SSSR count). The first kappa shape index (κ1) is 16.6. The average molecular weight is 303 g/mol. The van der Waals surface area contributed by atoms with Gasteiger partial charge in [0.05, 0.1) is 7.11 Å². The summed E-state index contributed by atoms with van der Waals surface area (Å²) in [7, 11) is 3.87. The predicted octanol–water partition coefficient (Wildman–Crippen LogP) is 3.15. The molecule has 0 unspecified atom stereocenters. The van der Waals surface area contributed by atoms with Crippen molar-refractivity contribution in [1.29, 1.82) is 0 Å². The fourth-order valence-corrected chi connectivity index (χ4v) is 3.25. The number of para-hydroxylation sites is 1. The number of likely N-dealkylation sites (N-methyl/N-ethyl adjacent to an activating group) is 1. The number of methoxy groups -OCH3 is 1. The molecule has 1 fully saturated rings. The van der Waals surface area contributed by atoms with Gasteiger partial charge in [0.25, 0.3) is 0 Å². The first-order valence-corrected chi connectivity index (χ1v) is 7.80. The molecule has 1 saturated heterocycles. The number of allylic oxidation sites excluding steroid dienone is 2. The van der Waals surface area contributed by atoms with Gasteiger partial charge in [0, 0.05) is 25.4 Å². The van der Waals surface area contributed by atoms with E-state index in [2.05, 4.69) is 30.2 Å². The number of nitrogens with zero attached hydrogens (tertiary/aromatic N) is 1. The highest BCUT2D eigenvalue weighted by Gasteiger charge is 2.32. The lowest BCUT2D eigenvalue weighted by atomic mass is 9.86. The Morgan fingerprint density at radius 3 is 2.86 bits per heavy atom. The van der Waals surface area contributed by atoms with E-state index in [-0.39, 0.29) is 6.42 Å². The summed E-state index contributed by atoms with van der Waals surface area (Å²) < 4.78 is 5.51. The second-order valence-corrected chi connectivity index (χ2v) is 5.97. The van der Waals surface area contributed by atoms with Gasteiger partial charge in [-0.25, -0.2) is 0 Å². The van der Waals surface area contributed by atoms with Gasteiger partial charge in [-0.1, -0.05) is 30.4 Å². The van der Waals surface area contributed by atoms with Crippen LogP contribution in [0.25, 0.3) is 0 Å². The van der Waals surface area contributed by atoms with Crippen LogP contribution in [0.3, 0.4) is 0 Å². The number of aliphatic carboxylic acids is 1. The first-order chi connectivity index (χ1) is 10.6. The molecule has 2 atom stereocenters. The van der Waals surface area contributed by atoms with Crippen LogP contribution in [0.2, 0.25) is 0 Å². The highest BCUT2D eigenvalue weighted by molar-refractivity contribution is 5.66. The van der Waals surface area contributed by atoms with Crippen LogP contribution in [0.4, 0.5) is 0 Å². The summed E-state index contributed by atoms with van der Waals surface area (Å²) in [6.45, 7) is 2.10. The molecule has 0 aliphatic carbocycles. The second-order valence-electron chi connectivity index (χ2n) is 5.97. The van der Waals surface area contributed by atoms with Crippen LogP contribution in [-0.4, -0.2) is 43.2 Å². The molecule has 0 radical (unpaired) electrons. The van der Waals surface area contributed by atoms with Gasteiger partial charge in [-0.3, -0.25) is 4.79 Å². The summed E-state index contributed by atoms with van der Waals surface area (Å²) in [5.74, 6) is 1.23. The van der Waals surface area contributed by atoms with Crippen molar-refractivity contribution >= 4 is 5.97 Å². The SMILES string of the molecule is COc1ccccc1[C@@H]1CN(C)C[C@@H]1C/C=C\CCC(=O)O. The van der Waals surface area contributed by atoms with Crippen molar-refractivity contribution in [3.63, 3.8) is 0 Å². The minimum Gasteiger partial charge on any atom is -0.496 e. The molecule has 1 heterocycles. The Morgan fingerprint density at radius 1 is 1.36 bits per heavy atom. The van der Waals surface area contributed by atoms with Gasteiger partial charge in [-0.2, -0.15) is 0 Å². The van der Waals surface area contributed by atoms with Gasteiger partial charge < -0.3 is 14.7 Å². The maximum absolute atomic E-state index is 10.5. The molecule has 0 saturated carbocycles. The predicted molar refractivity (Wildman–Crippen MR) is 87.3 cm³/mol. The summed E-state index contributed by atoms with van der Waals surface area (Å²) in [5, 5.41) is 8.65. The fraction of sp³-hybridized carbons (Fsp3) is 0.500. The Labute approximate surface area is 132 Å². The molecule has 120 valence electrons. The molecule has 1 aromatic rings. The van der Waals surface area contributed by atoms with Crippen LogP contribution in [0.15, 0.2) is 36.4 Å². The van der Waals surface area contributed by atoms with Gasteiger partial charge in [0.1, 0.15) is 5.75 Å². The molecule has 1 N–H and O–H groups in total. The Hall–Kier alpha value is -1.81. The maximum atomic E-state index is 10.5. The number of hydrogen-bond donors (Lipinski definition) is 1. The van der Waals surface area contributed by atoms with Crippen LogP contribution in [-0.2, 0) is 4.79 Å². The van der Waals surface area contributed by atoms with Crippen molar-refractivity contribution in [2.24, 2.45) is 5.92 Å². The van der Waals surface area contributed by atoms with E-state index in [1.807, 2.05) is 18.2 Å². The van der Waals surface area contributed by atoms with Crippen LogP contribution in [0.1, 0.15) is 30.7 Å². The van der Waals surface area contributed by atoms with Crippen molar-refractivity contribution in [2.75, 3.05) is 27.2 Å². The van der Waals surface area contributed by atoms with Crippen LogP contribution in [0, 0.1) is 5.92 Å². The second kappa shape index (κ2) is 7.99. The first-order valence-electron chi connectivity index (χ1n) is 7.80. The lowest BCUT2D eigenvalue weighted by Gasteiger charge is -2.20. The van der Waals surface area contributed by atoms with Gasteiger partial charge in [-0.15, -0.1) is 0 Å². The van der Waals surface area contributed by atoms with E-state index < -0.39 is 5.97 Å². The van der Waals surface area contributed by atoms with E-state index >= 15 is 0 Å². The third kappa shape index (κ3) is 4.34. The summed E-state index contributed by atoms with van der Waals surface area (Å²) in [6, 6.07) is 8.24. The van der Waals surface area contributed by atoms with Crippen molar-refractivity contribution in [3.8, 4) is 5.75 Å². The van der Waals surface area contributed by atoms with E-state index in [1.54, 1.807) is 7.11 Å². The van der Waals surface area contributed by atoms with Crippen LogP contribution >= 0.6 is 0 Å². The summed E-state index contributed by atoms with van der Waals surface area (Å²) in [4.78, 5) is 12.9. The zero-order valence-corrected chi connectivity index (χ0v) is 13.4. The van der Waals surface area contributed by atoms with Crippen LogP contribution < -0.4 is 4.74 Å². The lowest BCUT2D eigenvalue weighted by molar-refractivity contribution is -0.136. The van der Waals surface area contributed by atoms with Gasteiger partial charge in [0.15, 0.2) is 0 Å². The van der Waals surface area contributed by atoms with Crippen LogP contribution in [0.5, 0.6) is 5.75 Å². The molecule has 1 aromatic carbocycles. The highest BCUT2D eigenvalue weighted by Crippen LogP contribution is 2.38. The molecule has 0 bridgehead atoms. The fourth-order valence-electron chi connectivity index (χ4n) is 3.25. The van der Waals surface area contributed by atoms with E-state index in [0.29, 0.717) is 18.3 Å². The number of benzene rings is 1. The Bertz CT molecular complexity index is 527. The molecular formula is C18H25NO3. The molecule has 0 amide bonds. The molecular weight excluding hydrogens is 278 g/mol. The number of carboxylic acid groups (broad SMARTS) is 1. The minimum atomic E-state index is -0.739. The molecule has 22 heavy (non-hydrogen) atoms. The number of carboxylic acids is 1. The molecule has 4 heteroatoms. The van der Waals surface area contributed by atoms with Gasteiger partial charge >= 0.3 is 5.97 Å². The normalized spacial score (nSPS) is 22.3. The van der Waals surface area contributed by atoms with E-state index in [0.717, 1.165) is 25.3 Å². The lowest BCUT2D eigenvalue weighted by Crippen LogP contribution is -2.13. The van der Waals surface area contributed by atoms with E-state index in [4.69, 9.17) is 9.84 Å². The molecule has 1 aliphatic heterocycles. The quantitative estimate of drug-likeness (QED) is 0.786. The summed E-state index contributed by atoms with van der Waals surface area (Å²) in [6.07, 6.45) is 5.92.